The van der Waals surface area contributed by atoms with Crippen molar-refractivity contribution < 1.29 is 23.8 Å². The Morgan fingerprint density at radius 3 is 2.43 bits per heavy atom. The molecule has 160 valence electrons. The van der Waals surface area contributed by atoms with Gasteiger partial charge in [0.05, 0.1) is 13.5 Å². The molecule has 2 N–H and O–H groups in total. The minimum atomic E-state index is -0.627. The van der Waals surface area contributed by atoms with Crippen LogP contribution < -0.4 is 10.5 Å². The fraction of sp³-hybridized carbons (Fsp3) is 0.333. The molecule has 1 unspecified atom stereocenters. The lowest BCUT2D eigenvalue weighted by molar-refractivity contribution is -0.155. The predicted molar refractivity (Wildman–Crippen MR) is 116 cm³/mol. The van der Waals surface area contributed by atoms with Gasteiger partial charge in [-0.15, -0.1) is 0 Å². The Hall–Kier alpha value is -3.12. The van der Waals surface area contributed by atoms with E-state index in [2.05, 4.69) is 4.74 Å². The maximum Gasteiger partial charge on any atom is 0.330 e. The zero-order valence-electron chi connectivity index (χ0n) is 17.9. The molecule has 0 aromatic heterocycles. The Morgan fingerprint density at radius 1 is 1.10 bits per heavy atom. The highest BCUT2D eigenvalue weighted by molar-refractivity contribution is 5.87. The first-order chi connectivity index (χ1) is 14.2. The van der Waals surface area contributed by atoms with Gasteiger partial charge in [0.15, 0.2) is 0 Å². The van der Waals surface area contributed by atoms with Crippen LogP contribution in [0, 0.1) is 0 Å². The summed E-state index contributed by atoms with van der Waals surface area (Å²) < 4.78 is 15.9. The van der Waals surface area contributed by atoms with Crippen molar-refractivity contribution in [3.63, 3.8) is 0 Å². The van der Waals surface area contributed by atoms with Crippen LogP contribution in [0.25, 0.3) is 6.08 Å². The zero-order valence-corrected chi connectivity index (χ0v) is 17.9. The SMILES string of the molecule is COC(=O)C=Cc1ccc(OCc2ccccc2)cc1C(N)CC(=O)OC(C)(C)C. The molecule has 6 nitrogen and oxygen atoms in total. The Bertz CT molecular complexity index is 884. The van der Waals surface area contributed by atoms with Crippen LogP contribution in [0.1, 0.15) is 49.9 Å². The molecule has 6 heteroatoms. The predicted octanol–water partition coefficient (Wildman–Crippen LogP) is 4.18. The minimum Gasteiger partial charge on any atom is -0.489 e. The molecule has 0 heterocycles. The molecule has 30 heavy (non-hydrogen) atoms. The van der Waals surface area contributed by atoms with E-state index in [4.69, 9.17) is 15.2 Å². The van der Waals surface area contributed by atoms with Crippen LogP contribution in [0.2, 0.25) is 0 Å². The van der Waals surface area contributed by atoms with E-state index in [1.54, 1.807) is 45.0 Å². The highest BCUT2D eigenvalue weighted by Gasteiger charge is 2.21. The number of ether oxygens (including phenoxy) is 3. The van der Waals surface area contributed by atoms with Crippen LogP contribution in [0.15, 0.2) is 54.6 Å². The summed E-state index contributed by atoms with van der Waals surface area (Å²) >= 11 is 0. The van der Waals surface area contributed by atoms with Gasteiger partial charge in [-0.25, -0.2) is 4.79 Å². The molecule has 0 saturated carbocycles. The van der Waals surface area contributed by atoms with Crippen molar-refractivity contribution in [1.29, 1.82) is 0 Å². The van der Waals surface area contributed by atoms with Gasteiger partial charge in [-0.3, -0.25) is 4.79 Å². The number of nitrogens with two attached hydrogens (primary N) is 1. The van der Waals surface area contributed by atoms with E-state index in [1.807, 2.05) is 30.3 Å². The summed E-state index contributed by atoms with van der Waals surface area (Å²) in [7, 11) is 1.31. The van der Waals surface area contributed by atoms with Crippen molar-refractivity contribution in [3.8, 4) is 5.75 Å². The molecule has 2 rings (SSSR count). The monoisotopic (exact) mass is 411 g/mol. The van der Waals surface area contributed by atoms with E-state index < -0.39 is 23.6 Å². The van der Waals surface area contributed by atoms with E-state index in [0.29, 0.717) is 23.5 Å². The molecule has 0 fully saturated rings. The first kappa shape index (κ1) is 23.2. The van der Waals surface area contributed by atoms with E-state index in [1.165, 1.54) is 13.2 Å². The molecule has 0 aliphatic carbocycles. The lowest BCUT2D eigenvalue weighted by Gasteiger charge is -2.22. The molecule has 2 aromatic rings. The highest BCUT2D eigenvalue weighted by Crippen LogP contribution is 2.27. The fourth-order valence-corrected chi connectivity index (χ4v) is 2.75. The van der Waals surface area contributed by atoms with Gasteiger partial charge < -0.3 is 19.9 Å². The molecule has 0 aliphatic rings. The van der Waals surface area contributed by atoms with Crippen molar-refractivity contribution in [1.82, 2.24) is 0 Å². The summed E-state index contributed by atoms with van der Waals surface area (Å²) in [6, 6.07) is 14.5. The van der Waals surface area contributed by atoms with Gasteiger partial charge in [0, 0.05) is 12.1 Å². The van der Waals surface area contributed by atoms with Gasteiger partial charge in [-0.05, 0) is 55.7 Å². The number of rotatable bonds is 8. The molecular weight excluding hydrogens is 382 g/mol. The lowest BCUT2D eigenvalue weighted by atomic mass is 9.97. The third-order valence-corrected chi connectivity index (χ3v) is 4.11. The molecule has 0 spiro atoms. The maximum atomic E-state index is 12.2. The Balaban J connectivity index is 2.23. The van der Waals surface area contributed by atoms with Crippen molar-refractivity contribution in [3.05, 3.63) is 71.3 Å². The number of hydrogen-bond acceptors (Lipinski definition) is 6. The number of carbonyl (C=O) groups is 2. The van der Waals surface area contributed by atoms with Gasteiger partial charge in [0.2, 0.25) is 0 Å². The normalized spacial score (nSPS) is 12.4. The van der Waals surface area contributed by atoms with Crippen LogP contribution in [0.4, 0.5) is 0 Å². The summed E-state index contributed by atoms with van der Waals surface area (Å²) in [6.07, 6.45) is 2.92. The molecule has 0 saturated heterocycles. The summed E-state index contributed by atoms with van der Waals surface area (Å²) in [5.74, 6) is -0.261. The summed E-state index contributed by atoms with van der Waals surface area (Å²) in [5.41, 5.74) is 8.14. The Kier molecular flexibility index (Phi) is 8.18. The number of esters is 2. The second kappa shape index (κ2) is 10.6. The van der Waals surface area contributed by atoms with Crippen LogP contribution in [0.3, 0.4) is 0 Å². The second-order valence-electron chi connectivity index (χ2n) is 7.82. The smallest absolute Gasteiger partial charge is 0.330 e. The third-order valence-electron chi connectivity index (χ3n) is 4.11. The van der Waals surface area contributed by atoms with Crippen molar-refractivity contribution in [2.75, 3.05) is 7.11 Å². The second-order valence-corrected chi connectivity index (χ2v) is 7.82. The number of carbonyl (C=O) groups excluding carboxylic acids is 2. The van der Waals surface area contributed by atoms with Gasteiger partial charge >= 0.3 is 11.9 Å². The maximum absolute atomic E-state index is 12.2. The van der Waals surface area contributed by atoms with E-state index >= 15 is 0 Å². The average Bonchev–Trinajstić information content (AvgIpc) is 2.69. The van der Waals surface area contributed by atoms with E-state index in [-0.39, 0.29) is 6.42 Å². The molecule has 1 atom stereocenters. The fourth-order valence-electron chi connectivity index (χ4n) is 2.75. The number of hydrogen-bond donors (Lipinski definition) is 1. The van der Waals surface area contributed by atoms with Gasteiger partial charge in [-0.2, -0.15) is 0 Å². The highest BCUT2D eigenvalue weighted by atomic mass is 16.6. The summed E-state index contributed by atoms with van der Waals surface area (Å²) in [6.45, 7) is 5.82. The first-order valence-corrected chi connectivity index (χ1v) is 9.72. The lowest BCUT2D eigenvalue weighted by Crippen LogP contribution is -2.26. The molecule has 0 bridgehead atoms. The topological polar surface area (TPSA) is 87.9 Å². The molecule has 0 radical (unpaired) electrons. The third kappa shape index (κ3) is 7.72. The summed E-state index contributed by atoms with van der Waals surface area (Å²) in [5, 5.41) is 0. The minimum absolute atomic E-state index is 0.00152. The number of benzene rings is 2. The van der Waals surface area contributed by atoms with Crippen molar-refractivity contribution in [2.24, 2.45) is 5.73 Å². The summed E-state index contributed by atoms with van der Waals surface area (Å²) in [4.78, 5) is 23.7. The molecule has 2 aromatic carbocycles. The van der Waals surface area contributed by atoms with Crippen LogP contribution in [-0.2, 0) is 25.7 Å². The Morgan fingerprint density at radius 2 is 1.80 bits per heavy atom. The quantitative estimate of drug-likeness (QED) is 0.518. The van der Waals surface area contributed by atoms with E-state index in [0.717, 1.165) is 5.56 Å². The standard InChI is InChI=1S/C24H29NO5/c1-24(2,3)30-23(27)15-21(25)20-14-19(29-16-17-8-6-5-7-9-17)12-10-18(20)11-13-22(26)28-4/h5-14,21H,15-16,25H2,1-4H3. The van der Waals surface area contributed by atoms with Crippen LogP contribution >= 0.6 is 0 Å². The van der Waals surface area contributed by atoms with Crippen molar-refractivity contribution in [2.45, 2.75) is 45.4 Å². The molecule has 0 aliphatic heterocycles. The Labute approximate surface area is 177 Å². The molecule has 0 amide bonds. The van der Waals surface area contributed by atoms with Gasteiger partial charge in [0.25, 0.3) is 0 Å². The average molecular weight is 411 g/mol. The van der Waals surface area contributed by atoms with Gasteiger partial charge in [0.1, 0.15) is 18.0 Å². The van der Waals surface area contributed by atoms with Crippen LogP contribution in [0.5, 0.6) is 5.75 Å². The van der Waals surface area contributed by atoms with Gasteiger partial charge in [-0.1, -0.05) is 36.4 Å². The first-order valence-electron chi connectivity index (χ1n) is 9.72. The van der Waals surface area contributed by atoms with Crippen LogP contribution in [-0.4, -0.2) is 24.6 Å². The molecular formula is C24H29NO5. The van der Waals surface area contributed by atoms with Crippen molar-refractivity contribution >= 4 is 18.0 Å². The van der Waals surface area contributed by atoms with E-state index in [9.17, 15) is 9.59 Å². The zero-order chi connectivity index (χ0) is 22.1. The largest absolute Gasteiger partial charge is 0.489 e. The number of methoxy groups -OCH3 is 1.